The summed E-state index contributed by atoms with van der Waals surface area (Å²) in [6.45, 7) is 15.1. The van der Waals surface area contributed by atoms with Crippen LogP contribution >= 0.6 is 0 Å². The van der Waals surface area contributed by atoms with E-state index < -0.39 is 0 Å². The number of rotatable bonds is 9. The van der Waals surface area contributed by atoms with E-state index in [2.05, 4.69) is 64.6 Å². The fourth-order valence-corrected chi connectivity index (χ4v) is 2.76. The number of carbonyl (C=O) groups is 2. The average molecular weight is 346 g/mol. The quantitative estimate of drug-likeness (QED) is 0.464. The van der Waals surface area contributed by atoms with Gasteiger partial charge in [-0.25, -0.2) is 0 Å². The van der Waals surface area contributed by atoms with Gasteiger partial charge in [0, 0.05) is 31.6 Å². The predicted molar refractivity (Wildman–Crippen MR) is 107 cm³/mol. The summed E-state index contributed by atoms with van der Waals surface area (Å²) in [7, 11) is 0. The second-order valence-electron chi connectivity index (χ2n) is 8.87. The van der Waals surface area contributed by atoms with E-state index in [-0.39, 0.29) is 10.8 Å². The highest BCUT2D eigenvalue weighted by Crippen LogP contribution is 2.33. The van der Waals surface area contributed by atoms with E-state index in [1.807, 2.05) is 0 Å². The highest BCUT2D eigenvalue weighted by molar-refractivity contribution is 5.55. The molecule has 0 unspecified atom stereocenters. The topological polar surface area (TPSA) is 37.4 Å². The largest absolute Gasteiger partial charge is 0.371 e. The maximum absolute atomic E-state index is 10.7. The molecule has 0 heterocycles. The third kappa shape index (κ3) is 7.01. The molecular formula is C22H35NO2. The summed E-state index contributed by atoms with van der Waals surface area (Å²) in [5, 5.41) is 0. The van der Waals surface area contributed by atoms with Crippen molar-refractivity contribution in [2.45, 2.75) is 78.1 Å². The number of aldehydes is 2. The second kappa shape index (κ2) is 9.17. The molecule has 0 aliphatic carbocycles. The molecule has 0 amide bonds. The van der Waals surface area contributed by atoms with Gasteiger partial charge in [0.15, 0.2) is 0 Å². The molecule has 0 bridgehead atoms. The first-order chi connectivity index (χ1) is 11.6. The fourth-order valence-electron chi connectivity index (χ4n) is 2.76. The first kappa shape index (κ1) is 21.4. The van der Waals surface area contributed by atoms with Crippen molar-refractivity contribution < 1.29 is 9.59 Å². The van der Waals surface area contributed by atoms with E-state index in [1.165, 1.54) is 16.8 Å². The molecule has 3 heteroatoms. The first-order valence-corrected chi connectivity index (χ1v) is 9.38. The first-order valence-electron chi connectivity index (χ1n) is 9.38. The Hall–Kier alpha value is -1.64. The smallest absolute Gasteiger partial charge is 0.120 e. The third-order valence-electron chi connectivity index (χ3n) is 4.51. The van der Waals surface area contributed by atoms with E-state index in [0.29, 0.717) is 12.8 Å². The fraction of sp³-hybridized carbons (Fsp3) is 0.636. The molecule has 0 saturated carbocycles. The average Bonchev–Trinajstić information content (AvgIpc) is 2.51. The summed E-state index contributed by atoms with van der Waals surface area (Å²) >= 11 is 0. The van der Waals surface area contributed by atoms with Crippen LogP contribution in [-0.2, 0) is 20.4 Å². The molecule has 0 aromatic heterocycles. The van der Waals surface area contributed by atoms with Crippen LogP contribution in [-0.4, -0.2) is 25.7 Å². The van der Waals surface area contributed by atoms with Gasteiger partial charge in [-0.1, -0.05) is 47.6 Å². The third-order valence-corrected chi connectivity index (χ3v) is 4.51. The highest BCUT2D eigenvalue weighted by atomic mass is 16.1. The van der Waals surface area contributed by atoms with Gasteiger partial charge in [0.05, 0.1) is 0 Å². The number of nitrogens with zero attached hydrogens (tertiary/aromatic N) is 1. The zero-order chi connectivity index (χ0) is 19.1. The lowest BCUT2D eigenvalue weighted by Crippen LogP contribution is -2.27. The lowest BCUT2D eigenvalue weighted by atomic mass is 9.80. The normalized spacial score (nSPS) is 12.1. The monoisotopic (exact) mass is 345 g/mol. The summed E-state index contributed by atoms with van der Waals surface area (Å²) in [5.41, 5.74) is 4.01. The summed E-state index contributed by atoms with van der Waals surface area (Å²) in [6.07, 6.45) is 4.81. The van der Waals surface area contributed by atoms with Gasteiger partial charge in [-0.05, 0) is 46.9 Å². The minimum Gasteiger partial charge on any atom is -0.371 e. The molecule has 0 atom stereocenters. The molecular weight excluding hydrogens is 310 g/mol. The van der Waals surface area contributed by atoms with Crippen LogP contribution in [0.25, 0.3) is 0 Å². The lowest BCUT2D eigenvalue weighted by Gasteiger charge is -2.31. The maximum atomic E-state index is 10.7. The number of unbranched alkanes of at least 4 members (excludes halogenated alkanes) is 2. The molecule has 1 aromatic carbocycles. The zero-order valence-electron chi connectivity index (χ0n) is 16.9. The number of carbonyl (C=O) groups excluding carboxylic acids is 2. The molecule has 1 aromatic rings. The van der Waals surface area contributed by atoms with Crippen LogP contribution in [0.4, 0.5) is 5.69 Å². The Labute approximate surface area is 153 Å². The standard InChI is InChI=1S/C22H35NO2/c1-21(2,3)18-15-19(22(4,5)6)17-20(16-18)23(11-7-9-13-24)12-8-10-14-25/h13-17H,7-12H2,1-6H3. The minimum absolute atomic E-state index is 0.0767. The second-order valence-corrected chi connectivity index (χ2v) is 8.87. The van der Waals surface area contributed by atoms with Crippen molar-refractivity contribution in [1.29, 1.82) is 0 Å². The van der Waals surface area contributed by atoms with Gasteiger partial charge in [-0.15, -0.1) is 0 Å². The maximum Gasteiger partial charge on any atom is 0.120 e. The van der Waals surface area contributed by atoms with Crippen molar-refractivity contribution in [2.24, 2.45) is 0 Å². The van der Waals surface area contributed by atoms with Gasteiger partial charge < -0.3 is 14.5 Å². The van der Waals surface area contributed by atoms with E-state index >= 15 is 0 Å². The predicted octanol–water partition coefficient (Wildman–Crippen LogP) is 5.05. The van der Waals surface area contributed by atoms with Gasteiger partial charge >= 0.3 is 0 Å². The van der Waals surface area contributed by atoms with Crippen molar-refractivity contribution in [2.75, 3.05) is 18.0 Å². The van der Waals surface area contributed by atoms with Crippen LogP contribution in [0.5, 0.6) is 0 Å². The van der Waals surface area contributed by atoms with Gasteiger partial charge in [-0.2, -0.15) is 0 Å². The summed E-state index contributed by atoms with van der Waals surface area (Å²) in [4.78, 5) is 23.7. The van der Waals surface area contributed by atoms with E-state index in [9.17, 15) is 9.59 Å². The molecule has 3 nitrogen and oxygen atoms in total. The van der Waals surface area contributed by atoms with Crippen LogP contribution in [0.15, 0.2) is 18.2 Å². The lowest BCUT2D eigenvalue weighted by molar-refractivity contribution is -0.108. The van der Waals surface area contributed by atoms with Crippen molar-refractivity contribution in [3.05, 3.63) is 29.3 Å². The molecule has 25 heavy (non-hydrogen) atoms. The van der Waals surface area contributed by atoms with E-state index in [1.54, 1.807) is 0 Å². The number of anilines is 1. The Kier molecular flexibility index (Phi) is 7.85. The molecule has 0 aliphatic heterocycles. The Morgan fingerprint density at radius 2 is 1.16 bits per heavy atom. The minimum atomic E-state index is 0.0767. The summed E-state index contributed by atoms with van der Waals surface area (Å²) < 4.78 is 0. The Bertz CT molecular complexity index is 518. The van der Waals surface area contributed by atoms with Gasteiger partial charge in [-0.3, -0.25) is 0 Å². The van der Waals surface area contributed by atoms with Crippen LogP contribution in [0, 0.1) is 0 Å². The Morgan fingerprint density at radius 1 is 0.760 bits per heavy atom. The van der Waals surface area contributed by atoms with Crippen molar-refractivity contribution >= 4 is 18.3 Å². The van der Waals surface area contributed by atoms with Gasteiger partial charge in [0.1, 0.15) is 12.6 Å². The van der Waals surface area contributed by atoms with E-state index in [0.717, 1.165) is 38.5 Å². The van der Waals surface area contributed by atoms with Gasteiger partial charge in [0.2, 0.25) is 0 Å². The zero-order valence-corrected chi connectivity index (χ0v) is 16.9. The van der Waals surface area contributed by atoms with Crippen LogP contribution in [0.1, 0.15) is 78.4 Å². The van der Waals surface area contributed by atoms with E-state index in [4.69, 9.17) is 0 Å². The van der Waals surface area contributed by atoms with Crippen LogP contribution < -0.4 is 4.90 Å². The number of hydrogen-bond acceptors (Lipinski definition) is 3. The molecule has 0 fully saturated rings. The molecule has 1 rings (SSSR count). The molecule has 0 radical (unpaired) electrons. The molecule has 0 saturated heterocycles. The molecule has 140 valence electrons. The van der Waals surface area contributed by atoms with Crippen molar-refractivity contribution in [3.8, 4) is 0 Å². The molecule has 0 N–H and O–H groups in total. The Morgan fingerprint density at radius 3 is 1.48 bits per heavy atom. The van der Waals surface area contributed by atoms with Crippen molar-refractivity contribution in [3.63, 3.8) is 0 Å². The van der Waals surface area contributed by atoms with Gasteiger partial charge in [0.25, 0.3) is 0 Å². The van der Waals surface area contributed by atoms with Crippen LogP contribution in [0.3, 0.4) is 0 Å². The number of hydrogen-bond donors (Lipinski definition) is 0. The van der Waals surface area contributed by atoms with Crippen LogP contribution in [0.2, 0.25) is 0 Å². The molecule has 0 spiro atoms. The summed E-state index contributed by atoms with van der Waals surface area (Å²) in [6, 6.07) is 6.87. The molecule has 0 aliphatic rings. The summed E-state index contributed by atoms with van der Waals surface area (Å²) in [5.74, 6) is 0. The number of benzene rings is 1. The SMILES string of the molecule is CC(C)(C)c1cc(N(CCCC=O)CCCC=O)cc(C(C)(C)C)c1. The highest BCUT2D eigenvalue weighted by Gasteiger charge is 2.22. The van der Waals surface area contributed by atoms with Crippen molar-refractivity contribution in [1.82, 2.24) is 0 Å². The Balaban J connectivity index is 3.24.